The highest BCUT2D eigenvalue weighted by molar-refractivity contribution is 6.10. The number of quaternary nitrogens is 1. The van der Waals surface area contributed by atoms with Gasteiger partial charge in [0.15, 0.2) is 6.04 Å². The molecule has 1 aliphatic rings. The SMILES string of the molecule is CNC(=O)c1ccc(C[NH+](C)[C@@H](C)C(=O)N2CC(=O)Nc3ccccc32)cc1. The zero-order valence-corrected chi connectivity index (χ0v) is 16.3. The molecule has 1 heterocycles. The Labute approximate surface area is 164 Å². The van der Waals surface area contributed by atoms with Crippen LogP contribution in [0.25, 0.3) is 0 Å². The molecule has 2 aromatic rings. The van der Waals surface area contributed by atoms with Crippen LogP contribution in [0.3, 0.4) is 0 Å². The molecule has 2 atom stereocenters. The molecule has 0 spiro atoms. The first-order chi connectivity index (χ1) is 13.4. The zero-order chi connectivity index (χ0) is 20.3. The van der Waals surface area contributed by atoms with E-state index in [1.165, 1.54) is 0 Å². The van der Waals surface area contributed by atoms with E-state index in [1.807, 2.05) is 44.3 Å². The molecular formula is C21H25N4O3+. The Morgan fingerprint density at radius 3 is 2.54 bits per heavy atom. The molecule has 3 rings (SSSR count). The number of carbonyl (C=O) groups excluding carboxylic acids is 3. The smallest absolute Gasteiger partial charge is 0.285 e. The highest BCUT2D eigenvalue weighted by atomic mass is 16.2. The number of para-hydroxylation sites is 2. The minimum absolute atomic E-state index is 0.0221. The Morgan fingerprint density at radius 2 is 1.86 bits per heavy atom. The molecule has 2 aromatic carbocycles. The molecule has 0 aromatic heterocycles. The maximum atomic E-state index is 13.1. The Hall–Kier alpha value is -3.19. The first-order valence-corrected chi connectivity index (χ1v) is 9.24. The van der Waals surface area contributed by atoms with Gasteiger partial charge in [0, 0.05) is 18.2 Å². The van der Waals surface area contributed by atoms with Gasteiger partial charge in [0.2, 0.25) is 5.91 Å². The van der Waals surface area contributed by atoms with Crippen molar-refractivity contribution in [1.29, 1.82) is 0 Å². The minimum Gasteiger partial charge on any atom is -0.355 e. The lowest BCUT2D eigenvalue weighted by Gasteiger charge is -2.32. The van der Waals surface area contributed by atoms with Crippen molar-refractivity contribution < 1.29 is 19.3 Å². The summed E-state index contributed by atoms with van der Waals surface area (Å²) in [6.45, 7) is 2.52. The zero-order valence-electron chi connectivity index (χ0n) is 16.3. The van der Waals surface area contributed by atoms with Crippen molar-refractivity contribution in [3.05, 3.63) is 59.7 Å². The monoisotopic (exact) mass is 381 g/mol. The number of fused-ring (bicyclic) bond motifs is 1. The lowest BCUT2D eigenvalue weighted by molar-refractivity contribution is -0.908. The largest absolute Gasteiger partial charge is 0.355 e. The summed E-state index contributed by atoms with van der Waals surface area (Å²) in [7, 11) is 3.55. The molecule has 0 radical (unpaired) electrons. The maximum Gasteiger partial charge on any atom is 0.285 e. The number of carbonyl (C=O) groups is 3. The van der Waals surface area contributed by atoms with Gasteiger partial charge in [0.05, 0.1) is 18.4 Å². The summed E-state index contributed by atoms with van der Waals surface area (Å²) < 4.78 is 0. The van der Waals surface area contributed by atoms with E-state index in [-0.39, 0.29) is 30.3 Å². The van der Waals surface area contributed by atoms with Gasteiger partial charge in [0.1, 0.15) is 13.1 Å². The quantitative estimate of drug-likeness (QED) is 0.703. The van der Waals surface area contributed by atoms with E-state index in [0.29, 0.717) is 17.8 Å². The fourth-order valence-corrected chi connectivity index (χ4v) is 3.27. The van der Waals surface area contributed by atoms with Gasteiger partial charge in [0.25, 0.3) is 11.8 Å². The lowest BCUT2D eigenvalue weighted by Crippen LogP contribution is -3.12. The highest BCUT2D eigenvalue weighted by Gasteiger charge is 2.33. The fourth-order valence-electron chi connectivity index (χ4n) is 3.27. The van der Waals surface area contributed by atoms with Crippen molar-refractivity contribution in [2.45, 2.75) is 19.5 Å². The number of nitrogens with one attached hydrogen (secondary N) is 3. The summed E-state index contributed by atoms with van der Waals surface area (Å²) >= 11 is 0. The van der Waals surface area contributed by atoms with Gasteiger partial charge < -0.3 is 15.5 Å². The molecule has 146 valence electrons. The molecule has 0 fully saturated rings. The van der Waals surface area contributed by atoms with Crippen molar-refractivity contribution >= 4 is 29.1 Å². The third kappa shape index (κ3) is 4.04. The van der Waals surface area contributed by atoms with Gasteiger partial charge >= 0.3 is 0 Å². The predicted octanol–water partition coefficient (Wildman–Crippen LogP) is 0.435. The van der Waals surface area contributed by atoms with Crippen LogP contribution >= 0.6 is 0 Å². The van der Waals surface area contributed by atoms with E-state index in [9.17, 15) is 14.4 Å². The molecule has 28 heavy (non-hydrogen) atoms. The van der Waals surface area contributed by atoms with Gasteiger partial charge in [-0.05, 0) is 31.2 Å². The lowest BCUT2D eigenvalue weighted by atomic mass is 10.1. The topological polar surface area (TPSA) is 83.0 Å². The summed E-state index contributed by atoms with van der Waals surface area (Å²) in [5, 5.41) is 5.40. The molecule has 0 bridgehead atoms. The average molecular weight is 381 g/mol. The summed E-state index contributed by atoms with van der Waals surface area (Å²) in [5.41, 5.74) is 3.01. The van der Waals surface area contributed by atoms with Gasteiger partial charge in [-0.25, -0.2) is 0 Å². The molecule has 3 amide bonds. The van der Waals surface area contributed by atoms with Crippen molar-refractivity contribution in [3.8, 4) is 0 Å². The van der Waals surface area contributed by atoms with Crippen LogP contribution in [-0.4, -0.2) is 44.4 Å². The molecule has 3 N–H and O–H groups in total. The highest BCUT2D eigenvalue weighted by Crippen LogP contribution is 2.29. The number of rotatable bonds is 5. The molecule has 7 nitrogen and oxygen atoms in total. The van der Waals surface area contributed by atoms with Crippen molar-refractivity contribution in [3.63, 3.8) is 0 Å². The third-order valence-corrected chi connectivity index (χ3v) is 5.07. The van der Waals surface area contributed by atoms with E-state index in [1.54, 1.807) is 30.1 Å². The van der Waals surface area contributed by atoms with Gasteiger partial charge in [-0.1, -0.05) is 24.3 Å². The molecule has 0 saturated heterocycles. The number of likely N-dealkylation sites (N-methyl/N-ethyl adjacent to an activating group) is 1. The van der Waals surface area contributed by atoms with E-state index in [4.69, 9.17) is 0 Å². The Kier molecular flexibility index (Phi) is 5.75. The second-order valence-corrected chi connectivity index (χ2v) is 7.01. The van der Waals surface area contributed by atoms with Gasteiger partial charge in [-0.2, -0.15) is 0 Å². The molecule has 0 aliphatic carbocycles. The molecule has 1 unspecified atom stereocenters. The van der Waals surface area contributed by atoms with E-state index >= 15 is 0 Å². The molecular weight excluding hydrogens is 356 g/mol. The standard InChI is InChI=1S/C21H24N4O3/c1-14(24(3)12-15-8-10-16(11-9-15)20(27)22-2)21(28)25-13-19(26)23-17-6-4-5-7-18(17)25/h4-11,14H,12-13H2,1-3H3,(H,22,27)(H,23,26)/p+1/t14-/m0/s1. The summed E-state index contributed by atoms with van der Waals surface area (Å²) in [6.07, 6.45) is 0. The normalized spacial score (nSPS) is 15.2. The van der Waals surface area contributed by atoms with E-state index in [2.05, 4.69) is 10.6 Å². The summed E-state index contributed by atoms with van der Waals surface area (Å²) in [4.78, 5) is 39.3. The number of amides is 3. The maximum absolute atomic E-state index is 13.1. The number of hydrogen-bond donors (Lipinski definition) is 3. The van der Waals surface area contributed by atoms with Crippen LogP contribution in [0.5, 0.6) is 0 Å². The number of hydrogen-bond acceptors (Lipinski definition) is 3. The molecule has 0 saturated carbocycles. The first kappa shape index (κ1) is 19.6. The summed E-state index contributed by atoms with van der Waals surface area (Å²) in [6, 6.07) is 14.3. The first-order valence-electron chi connectivity index (χ1n) is 9.24. The second kappa shape index (κ2) is 8.22. The average Bonchev–Trinajstić information content (AvgIpc) is 2.71. The Morgan fingerprint density at radius 1 is 1.18 bits per heavy atom. The van der Waals surface area contributed by atoms with Crippen molar-refractivity contribution in [2.75, 3.05) is 30.9 Å². The molecule has 1 aliphatic heterocycles. The fraction of sp³-hybridized carbons (Fsp3) is 0.286. The van der Waals surface area contributed by atoms with Crippen LogP contribution in [0.4, 0.5) is 11.4 Å². The Balaban J connectivity index is 1.71. The number of benzene rings is 2. The van der Waals surface area contributed by atoms with Crippen LogP contribution in [-0.2, 0) is 16.1 Å². The number of nitrogens with zero attached hydrogens (tertiary/aromatic N) is 1. The van der Waals surface area contributed by atoms with Crippen LogP contribution in [0.2, 0.25) is 0 Å². The van der Waals surface area contributed by atoms with Crippen LogP contribution in [0.15, 0.2) is 48.5 Å². The van der Waals surface area contributed by atoms with Crippen LogP contribution in [0, 0.1) is 0 Å². The Bertz CT molecular complexity index is 895. The second-order valence-electron chi connectivity index (χ2n) is 7.01. The van der Waals surface area contributed by atoms with Crippen molar-refractivity contribution in [1.82, 2.24) is 5.32 Å². The third-order valence-electron chi connectivity index (χ3n) is 5.07. The minimum atomic E-state index is -0.336. The predicted molar refractivity (Wildman–Crippen MR) is 107 cm³/mol. The van der Waals surface area contributed by atoms with Crippen LogP contribution in [0.1, 0.15) is 22.8 Å². The van der Waals surface area contributed by atoms with E-state index in [0.717, 1.165) is 16.2 Å². The molecule has 7 heteroatoms. The summed E-state index contributed by atoms with van der Waals surface area (Å²) in [5.74, 6) is -0.415. The van der Waals surface area contributed by atoms with Gasteiger partial charge in [-0.15, -0.1) is 0 Å². The van der Waals surface area contributed by atoms with E-state index < -0.39 is 0 Å². The number of anilines is 2. The van der Waals surface area contributed by atoms with Crippen LogP contribution < -0.4 is 20.4 Å². The van der Waals surface area contributed by atoms with Gasteiger partial charge in [-0.3, -0.25) is 19.3 Å². The van der Waals surface area contributed by atoms with Crippen molar-refractivity contribution in [2.24, 2.45) is 0 Å².